The Bertz CT molecular complexity index is 106. The molecule has 0 fully saturated rings. The zero-order chi connectivity index (χ0) is 10.6. The molecule has 0 aromatic carbocycles. The summed E-state index contributed by atoms with van der Waals surface area (Å²) >= 11 is 3.46. The molecule has 0 spiro atoms. The number of rotatable bonds is 10. The molecule has 0 saturated carbocycles. The Morgan fingerprint density at radius 2 is 1.57 bits per heavy atom. The Hall–Kier alpha value is 0.440. The van der Waals surface area contributed by atoms with E-state index in [2.05, 4.69) is 35.1 Å². The first-order valence-corrected chi connectivity index (χ1v) is 7.22. The molecule has 0 aliphatic carbocycles. The van der Waals surface area contributed by atoms with Crippen molar-refractivity contribution in [2.75, 3.05) is 11.9 Å². The molecule has 0 aromatic heterocycles. The highest BCUT2D eigenvalue weighted by molar-refractivity contribution is 9.09. The van der Waals surface area contributed by atoms with Crippen molar-refractivity contribution in [1.82, 2.24) is 5.32 Å². The Morgan fingerprint density at radius 3 is 2.14 bits per heavy atom. The van der Waals surface area contributed by atoms with E-state index < -0.39 is 0 Å². The molecule has 1 atom stereocenters. The van der Waals surface area contributed by atoms with Crippen LogP contribution in [0.1, 0.15) is 58.8 Å². The first kappa shape index (κ1) is 14.4. The van der Waals surface area contributed by atoms with Crippen LogP contribution in [0.3, 0.4) is 0 Å². The Labute approximate surface area is 98.2 Å². The molecule has 1 unspecified atom stereocenters. The van der Waals surface area contributed by atoms with Gasteiger partial charge < -0.3 is 5.32 Å². The third-order valence-corrected chi connectivity index (χ3v) is 3.48. The molecular weight excluding hydrogens is 238 g/mol. The zero-order valence-corrected chi connectivity index (χ0v) is 11.4. The van der Waals surface area contributed by atoms with E-state index in [1.165, 1.54) is 51.5 Å². The van der Waals surface area contributed by atoms with Crippen LogP contribution in [0.4, 0.5) is 0 Å². The summed E-state index contributed by atoms with van der Waals surface area (Å²) < 4.78 is 0. The third-order valence-electron chi connectivity index (χ3n) is 2.50. The van der Waals surface area contributed by atoms with Crippen LogP contribution in [0.5, 0.6) is 0 Å². The topological polar surface area (TPSA) is 12.0 Å². The average molecular weight is 264 g/mol. The lowest BCUT2D eigenvalue weighted by molar-refractivity contribution is 0.536. The van der Waals surface area contributed by atoms with Crippen LogP contribution in [0.25, 0.3) is 0 Å². The molecule has 1 nitrogen and oxygen atoms in total. The molecular formula is C12H26BrN. The van der Waals surface area contributed by atoms with Crippen LogP contribution in [0.2, 0.25) is 0 Å². The quantitative estimate of drug-likeness (QED) is 0.462. The van der Waals surface area contributed by atoms with Gasteiger partial charge in [0.2, 0.25) is 0 Å². The van der Waals surface area contributed by atoms with Gasteiger partial charge in [-0.3, -0.25) is 0 Å². The lowest BCUT2D eigenvalue weighted by Crippen LogP contribution is -2.28. The highest BCUT2D eigenvalue weighted by Gasteiger charge is 1.96. The molecule has 0 saturated heterocycles. The Balaban J connectivity index is 2.92. The second kappa shape index (κ2) is 11.5. The predicted octanol–water partition coefficient (Wildman–Crippen LogP) is 4.11. The van der Waals surface area contributed by atoms with Crippen LogP contribution in [-0.2, 0) is 0 Å². The second-order valence-electron chi connectivity index (χ2n) is 4.13. The lowest BCUT2D eigenvalue weighted by Gasteiger charge is -2.09. The van der Waals surface area contributed by atoms with E-state index in [4.69, 9.17) is 0 Å². The summed E-state index contributed by atoms with van der Waals surface area (Å²) in [6, 6.07) is 0.620. The second-order valence-corrected chi connectivity index (χ2v) is 4.78. The van der Waals surface area contributed by atoms with Gasteiger partial charge in [-0.05, 0) is 19.9 Å². The first-order valence-electron chi connectivity index (χ1n) is 6.10. The molecule has 14 heavy (non-hydrogen) atoms. The van der Waals surface area contributed by atoms with Crippen molar-refractivity contribution in [3.05, 3.63) is 0 Å². The van der Waals surface area contributed by atoms with Crippen molar-refractivity contribution in [3.8, 4) is 0 Å². The summed E-state index contributed by atoms with van der Waals surface area (Å²) in [5.74, 6) is 0. The van der Waals surface area contributed by atoms with Gasteiger partial charge in [-0.15, -0.1) is 0 Å². The van der Waals surface area contributed by atoms with Gasteiger partial charge in [-0.2, -0.15) is 0 Å². The average Bonchev–Trinajstić information content (AvgIpc) is 2.21. The smallest absolute Gasteiger partial charge is 0.0183 e. The fraction of sp³-hybridized carbons (Fsp3) is 1.00. The fourth-order valence-corrected chi connectivity index (χ4v) is 1.71. The van der Waals surface area contributed by atoms with E-state index in [9.17, 15) is 0 Å². The van der Waals surface area contributed by atoms with Crippen molar-refractivity contribution in [2.45, 2.75) is 64.8 Å². The maximum atomic E-state index is 3.49. The van der Waals surface area contributed by atoms with Crippen LogP contribution < -0.4 is 5.32 Å². The largest absolute Gasteiger partial charge is 0.313 e. The monoisotopic (exact) mass is 263 g/mol. The van der Waals surface area contributed by atoms with Gasteiger partial charge in [0.25, 0.3) is 0 Å². The molecule has 0 bridgehead atoms. The van der Waals surface area contributed by atoms with Crippen molar-refractivity contribution >= 4 is 15.9 Å². The Kier molecular flexibility index (Phi) is 11.9. The molecule has 0 aromatic rings. The molecule has 0 aliphatic heterocycles. The molecule has 0 heterocycles. The van der Waals surface area contributed by atoms with E-state index in [1.807, 2.05) is 0 Å². The SMILES string of the molecule is CCCCCCCCCNC(C)CBr. The van der Waals surface area contributed by atoms with Gasteiger partial charge in [0, 0.05) is 11.4 Å². The molecule has 0 aliphatic rings. The summed E-state index contributed by atoms with van der Waals surface area (Å²) in [6.45, 7) is 5.67. The fourth-order valence-electron chi connectivity index (χ4n) is 1.49. The van der Waals surface area contributed by atoms with Gasteiger partial charge in [-0.1, -0.05) is 61.4 Å². The summed E-state index contributed by atoms with van der Waals surface area (Å²) in [5.41, 5.74) is 0. The standard InChI is InChI=1S/C12H26BrN/c1-3-4-5-6-7-8-9-10-14-12(2)11-13/h12,14H,3-11H2,1-2H3. The van der Waals surface area contributed by atoms with Crippen LogP contribution in [0.15, 0.2) is 0 Å². The van der Waals surface area contributed by atoms with Crippen LogP contribution in [0, 0.1) is 0 Å². The van der Waals surface area contributed by atoms with Gasteiger partial charge in [0.15, 0.2) is 0 Å². The summed E-state index contributed by atoms with van der Waals surface area (Å²) in [5, 5.41) is 4.55. The number of halogens is 1. The molecule has 0 rings (SSSR count). The normalized spacial score (nSPS) is 13.1. The molecule has 1 N–H and O–H groups in total. The third kappa shape index (κ3) is 10.5. The van der Waals surface area contributed by atoms with Crippen molar-refractivity contribution in [3.63, 3.8) is 0 Å². The van der Waals surface area contributed by atoms with Gasteiger partial charge in [0.1, 0.15) is 0 Å². The van der Waals surface area contributed by atoms with Gasteiger partial charge in [-0.25, -0.2) is 0 Å². The summed E-state index contributed by atoms with van der Waals surface area (Å²) in [7, 11) is 0. The molecule has 0 radical (unpaired) electrons. The van der Waals surface area contributed by atoms with E-state index in [0.717, 1.165) is 5.33 Å². The molecule has 2 heteroatoms. The maximum absolute atomic E-state index is 3.49. The van der Waals surface area contributed by atoms with E-state index in [1.54, 1.807) is 0 Å². The summed E-state index contributed by atoms with van der Waals surface area (Å²) in [6.07, 6.45) is 9.78. The number of unbranched alkanes of at least 4 members (excludes halogenated alkanes) is 6. The Morgan fingerprint density at radius 1 is 1.00 bits per heavy atom. The van der Waals surface area contributed by atoms with E-state index in [0.29, 0.717) is 6.04 Å². The lowest BCUT2D eigenvalue weighted by atomic mass is 10.1. The highest BCUT2D eigenvalue weighted by atomic mass is 79.9. The van der Waals surface area contributed by atoms with E-state index >= 15 is 0 Å². The minimum atomic E-state index is 0.620. The van der Waals surface area contributed by atoms with Crippen molar-refractivity contribution in [2.24, 2.45) is 0 Å². The number of alkyl halides is 1. The molecule has 0 amide bonds. The van der Waals surface area contributed by atoms with Crippen molar-refractivity contribution in [1.29, 1.82) is 0 Å². The predicted molar refractivity (Wildman–Crippen MR) is 69.3 cm³/mol. The zero-order valence-electron chi connectivity index (χ0n) is 9.82. The minimum Gasteiger partial charge on any atom is -0.313 e. The number of hydrogen-bond acceptors (Lipinski definition) is 1. The number of hydrogen-bond donors (Lipinski definition) is 1. The van der Waals surface area contributed by atoms with Crippen LogP contribution >= 0.6 is 15.9 Å². The highest BCUT2D eigenvalue weighted by Crippen LogP contribution is 2.06. The summed E-state index contributed by atoms with van der Waals surface area (Å²) in [4.78, 5) is 0. The van der Waals surface area contributed by atoms with E-state index in [-0.39, 0.29) is 0 Å². The van der Waals surface area contributed by atoms with Crippen LogP contribution in [-0.4, -0.2) is 17.9 Å². The maximum Gasteiger partial charge on any atom is 0.0183 e. The first-order chi connectivity index (χ1) is 6.81. The van der Waals surface area contributed by atoms with Gasteiger partial charge in [0.05, 0.1) is 0 Å². The molecule has 86 valence electrons. The van der Waals surface area contributed by atoms with Crippen molar-refractivity contribution < 1.29 is 0 Å². The number of nitrogens with one attached hydrogen (secondary N) is 1. The van der Waals surface area contributed by atoms with Gasteiger partial charge >= 0.3 is 0 Å². The minimum absolute atomic E-state index is 0.620.